The van der Waals surface area contributed by atoms with E-state index in [0.717, 1.165) is 35.9 Å². The van der Waals surface area contributed by atoms with E-state index in [9.17, 15) is 32.3 Å². The number of methoxy groups -OCH3 is 1. The summed E-state index contributed by atoms with van der Waals surface area (Å²) in [5, 5.41) is -2.52. The van der Waals surface area contributed by atoms with Crippen LogP contribution in [0.4, 0.5) is 13.2 Å². The standard InChI is InChI=1S/C24H22F3NO5S2/c1-14(29)35-20(12-19(30)15-7-4-3-5-8-15)21(31)28-18(23(32)33-2)13-34-22(28)16-9-6-10-17(11-16)24(25,26)27/h3-11,18,20,22H,12-13H2,1-2H3/t18-,20?,22?/m0/s1. The van der Waals surface area contributed by atoms with Gasteiger partial charge >= 0.3 is 12.1 Å². The smallest absolute Gasteiger partial charge is 0.416 e. The number of benzene rings is 2. The van der Waals surface area contributed by atoms with Crippen LogP contribution in [0.15, 0.2) is 54.6 Å². The lowest BCUT2D eigenvalue weighted by molar-refractivity contribution is -0.151. The van der Waals surface area contributed by atoms with E-state index in [1.807, 2.05) is 0 Å². The van der Waals surface area contributed by atoms with Crippen LogP contribution in [0.25, 0.3) is 0 Å². The molecule has 2 unspecified atom stereocenters. The summed E-state index contributed by atoms with van der Waals surface area (Å²) < 4.78 is 44.7. The van der Waals surface area contributed by atoms with Gasteiger partial charge in [0.25, 0.3) is 0 Å². The second-order valence-electron chi connectivity index (χ2n) is 7.68. The van der Waals surface area contributed by atoms with E-state index >= 15 is 0 Å². The molecular weight excluding hydrogens is 503 g/mol. The van der Waals surface area contributed by atoms with Crippen molar-refractivity contribution in [2.24, 2.45) is 0 Å². The van der Waals surface area contributed by atoms with Gasteiger partial charge in [0.1, 0.15) is 11.4 Å². The van der Waals surface area contributed by atoms with Gasteiger partial charge in [0.05, 0.1) is 17.9 Å². The second-order valence-corrected chi connectivity index (χ2v) is 10.2. The van der Waals surface area contributed by atoms with Crippen molar-refractivity contribution in [1.82, 2.24) is 4.90 Å². The van der Waals surface area contributed by atoms with Crippen molar-refractivity contribution in [3.63, 3.8) is 0 Å². The molecule has 0 radical (unpaired) electrons. The Hall–Kier alpha value is -2.79. The maximum atomic E-state index is 13.7. The van der Waals surface area contributed by atoms with Crippen LogP contribution < -0.4 is 0 Å². The normalized spacial score (nSPS) is 18.7. The zero-order chi connectivity index (χ0) is 25.8. The molecule has 186 valence electrons. The number of hydrogen-bond donors (Lipinski definition) is 0. The van der Waals surface area contributed by atoms with Crippen LogP contribution in [0.1, 0.15) is 40.2 Å². The Balaban J connectivity index is 1.98. The van der Waals surface area contributed by atoms with Gasteiger partial charge < -0.3 is 9.64 Å². The average Bonchev–Trinajstić information content (AvgIpc) is 3.27. The Morgan fingerprint density at radius 2 is 1.80 bits per heavy atom. The summed E-state index contributed by atoms with van der Waals surface area (Å²) in [5.41, 5.74) is -0.367. The van der Waals surface area contributed by atoms with Crippen molar-refractivity contribution in [2.45, 2.75) is 36.2 Å². The number of carbonyl (C=O) groups is 4. The summed E-state index contributed by atoms with van der Waals surface area (Å²) in [5.74, 6) is -1.72. The lowest BCUT2D eigenvalue weighted by Gasteiger charge is -2.31. The summed E-state index contributed by atoms with van der Waals surface area (Å²) in [6.07, 6.45) is -4.91. The topological polar surface area (TPSA) is 80.8 Å². The fourth-order valence-corrected chi connectivity index (χ4v) is 5.94. The Labute approximate surface area is 208 Å². The fourth-order valence-electron chi connectivity index (χ4n) is 3.67. The number of alkyl halides is 3. The summed E-state index contributed by atoms with van der Waals surface area (Å²) in [4.78, 5) is 52.1. The molecule has 11 heteroatoms. The van der Waals surface area contributed by atoms with E-state index in [0.29, 0.717) is 17.3 Å². The first-order valence-electron chi connectivity index (χ1n) is 10.5. The summed E-state index contributed by atoms with van der Waals surface area (Å²) in [6.45, 7) is 1.25. The van der Waals surface area contributed by atoms with E-state index in [1.165, 1.54) is 19.1 Å². The van der Waals surface area contributed by atoms with Crippen LogP contribution in [0.5, 0.6) is 0 Å². The number of nitrogens with zero attached hydrogens (tertiary/aromatic N) is 1. The van der Waals surface area contributed by atoms with Crippen molar-refractivity contribution in [3.05, 3.63) is 71.3 Å². The number of amides is 1. The highest BCUT2D eigenvalue weighted by Crippen LogP contribution is 2.44. The highest BCUT2D eigenvalue weighted by Gasteiger charge is 2.46. The van der Waals surface area contributed by atoms with Crippen LogP contribution in [0.2, 0.25) is 0 Å². The molecule has 0 saturated carbocycles. The number of Topliss-reactive ketones (excluding diaryl/α,β-unsaturated/α-hetero) is 1. The van der Waals surface area contributed by atoms with Crippen LogP contribution >= 0.6 is 23.5 Å². The van der Waals surface area contributed by atoms with Crippen molar-refractivity contribution in [1.29, 1.82) is 0 Å². The van der Waals surface area contributed by atoms with E-state index in [-0.39, 0.29) is 23.5 Å². The van der Waals surface area contributed by atoms with Crippen LogP contribution in [-0.2, 0) is 25.3 Å². The predicted molar refractivity (Wildman–Crippen MR) is 127 cm³/mol. The molecule has 1 aliphatic rings. The molecule has 0 spiro atoms. The monoisotopic (exact) mass is 525 g/mol. The summed E-state index contributed by atoms with van der Waals surface area (Å²) >= 11 is 1.76. The van der Waals surface area contributed by atoms with Crippen molar-refractivity contribution >= 4 is 46.3 Å². The molecule has 0 aromatic heterocycles. The molecular formula is C24H22F3NO5S2. The first kappa shape index (κ1) is 26.8. The number of rotatable bonds is 7. The molecule has 1 heterocycles. The maximum absolute atomic E-state index is 13.7. The van der Waals surface area contributed by atoms with Crippen molar-refractivity contribution < 1.29 is 37.1 Å². The minimum atomic E-state index is -4.59. The van der Waals surface area contributed by atoms with Crippen LogP contribution in [-0.4, -0.2) is 51.8 Å². The Kier molecular flexibility index (Phi) is 8.65. The second kappa shape index (κ2) is 11.3. The first-order valence-corrected chi connectivity index (χ1v) is 12.4. The van der Waals surface area contributed by atoms with Gasteiger partial charge in [0, 0.05) is 24.7 Å². The number of hydrogen-bond acceptors (Lipinski definition) is 7. The summed E-state index contributed by atoms with van der Waals surface area (Å²) in [7, 11) is 1.15. The molecule has 1 amide bonds. The lowest BCUT2D eigenvalue weighted by atomic mass is 10.0. The molecule has 0 N–H and O–H groups in total. The molecule has 2 aromatic carbocycles. The molecule has 3 atom stereocenters. The average molecular weight is 526 g/mol. The number of ketones is 1. The van der Waals surface area contributed by atoms with Gasteiger partial charge in [-0.2, -0.15) is 13.2 Å². The number of esters is 1. The Bertz CT molecular complexity index is 1110. The highest BCUT2D eigenvalue weighted by atomic mass is 32.2. The van der Waals surface area contributed by atoms with Crippen molar-refractivity contribution in [3.8, 4) is 0 Å². The van der Waals surface area contributed by atoms with Gasteiger partial charge in [-0.3, -0.25) is 14.4 Å². The zero-order valence-electron chi connectivity index (χ0n) is 18.8. The lowest BCUT2D eigenvalue weighted by Crippen LogP contribution is -2.47. The number of ether oxygens (including phenoxy) is 1. The molecule has 35 heavy (non-hydrogen) atoms. The third-order valence-corrected chi connectivity index (χ3v) is 7.59. The minimum absolute atomic E-state index is 0.0867. The third kappa shape index (κ3) is 6.46. The number of carbonyl (C=O) groups excluding carboxylic acids is 4. The number of thioether (sulfide) groups is 2. The van der Waals surface area contributed by atoms with E-state index in [2.05, 4.69) is 0 Å². The molecule has 6 nitrogen and oxygen atoms in total. The third-order valence-electron chi connectivity index (χ3n) is 5.28. The summed E-state index contributed by atoms with van der Waals surface area (Å²) in [6, 6.07) is 11.6. The zero-order valence-corrected chi connectivity index (χ0v) is 20.4. The molecule has 3 rings (SSSR count). The van der Waals surface area contributed by atoms with Gasteiger partial charge in [-0.25, -0.2) is 4.79 Å². The first-order chi connectivity index (χ1) is 16.5. The molecule has 0 aliphatic carbocycles. The van der Waals surface area contributed by atoms with Gasteiger partial charge in [0.2, 0.25) is 5.91 Å². The predicted octanol–water partition coefficient (Wildman–Crippen LogP) is 4.74. The van der Waals surface area contributed by atoms with Crippen molar-refractivity contribution in [2.75, 3.05) is 12.9 Å². The quantitative estimate of drug-likeness (QED) is 0.382. The Morgan fingerprint density at radius 1 is 1.11 bits per heavy atom. The molecule has 1 fully saturated rings. The largest absolute Gasteiger partial charge is 0.467 e. The Morgan fingerprint density at radius 3 is 2.40 bits per heavy atom. The van der Waals surface area contributed by atoms with E-state index in [4.69, 9.17) is 4.74 Å². The van der Waals surface area contributed by atoms with Gasteiger partial charge in [-0.15, -0.1) is 11.8 Å². The fraction of sp³-hybridized carbons (Fsp3) is 0.333. The maximum Gasteiger partial charge on any atom is 0.416 e. The van der Waals surface area contributed by atoms with Gasteiger partial charge in [-0.1, -0.05) is 54.2 Å². The van der Waals surface area contributed by atoms with Crippen LogP contribution in [0, 0.1) is 0 Å². The van der Waals surface area contributed by atoms with E-state index < -0.39 is 45.4 Å². The molecule has 2 aromatic rings. The minimum Gasteiger partial charge on any atom is -0.467 e. The highest BCUT2D eigenvalue weighted by molar-refractivity contribution is 8.14. The SMILES string of the molecule is COC(=O)[C@@H]1CSC(c2cccc(C(F)(F)F)c2)N1C(=O)C(CC(=O)c1ccccc1)SC(C)=O. The van der Waals surface area contributed by atoms with Crippen LogP contribution in [0.3, 0.4) is 0 Å². The number of halogens is 3. The van der Waals surface area contributed by atoms with E-state index in [1.54, 1.807) is 30.3 Å². The van der Waals surface area contributed by atoms with Gasteiger partial charge in [0.15, 0.2) is 10.9 Å². The van der Waals surface area contributed by atoms with Gasteiger partial charge in [-0.05, 0) is 17.7 Å². The molecule has 1 aliphatic heterocycles. The molecule has 1 saturated heterocycles. The molecule has 0 bridgehead atoms.